The van der Waals surface area contributed by atoms with Crippen LogP contribution in [0.5, 0.6) is 0 Å². The minimum absolute atomic E-state index is 0.584. The van der Waals surface area contributed by atoms with Crippen LogP contribution in [0, 0.1) is 0 Å². The van der Waals surface area contributed by atoms with Crippen molar-refractivity contribution < 1.29 is 0 Å². The molecule has 0 saturated carbocycles. The Hall–Kier alpha value is -2.70. The van der Waals surface area contributed by atoms with Crippen molar-refractivity contribution in [2.45, 2.75) is 6.54 Å². The fourth-order valence-electron chi connectivity index (χ4n) is 1.63. The molecule has 0 aliphatic carbocycles. The number of aromatic nitrogens is 6. The first-order valence-electron chi connectivity index (χ1n) is 5.47. The van der Waals surface area contributed by atoms with E-state index in [0.29, 0.717) is 12.4 Å². The number of H-pyrrole nitrogens is 2. The molecule has 0 fully saturated rings. The van der Waals surface area contributed by atoms with Crippen LogP contribution in [0.4, 0.5) is 5.69 Å². The predicted octanol–water partition coefficient (Wildman–Crippen LogP) is 1.20. The maximum atomic E-state index is 3.96. The van der Waals surface area contributed by atoms with E-state index in [-0.39, 0.29) is 0 Å². The average molecular weight is 241 g/mol. The SMILES string of the molecule is c1cc(NCc2cnc[nH]2)cc(-c2nn[nH]n2)c1. The standard InChI is InChI=1S/C11H11N7/c1-2-8(11-15-17-18-16-11)4-9(3-1)13-6-10-5-12-7-14-10/h1-5,7,13H,6H2,(H,12,14)(H,15,16,17,18). The number of hydrogen-bond acceptors (Lipinski definition) is 5. The molecule has 2 heterocycles. The van der Waals surface area contributed by atoms with E-state index in [9.17, 15) is 0 Å². The maximum absolute atomic E-state index is 3.96. The van der Waals surface area contributed by atoms with Gasteiger partial charge in [-0.3, -0.25) is 0 Å². The summed E-state index contributed by atoms with van der Waals surface area (Å²) in [5.41, 5.74) is 2.94. The molecule has 3 aromatic rings. The van der Waals surface area contributed by atoms with Crippen molar-refractivity contribution >= 4 is 5.69 Å². The van der Waals surface area contributed by atoms with E-state index in [1.807, 2.05) is 24.3 Å². The average Bonchev–Trinajstić information content (AvgIpc) is 3.10. The number of nitrogens with zero attached hydrogens (tertiary/aromatic N) is 4. The lowest BCUT2D eigenvalue weighted by Gasteiger charge is -2.05. The van der Waals surface area contributed by atoms with Gasteiger partial charge >= 0.3 is 0 Å². The molecule has 0 unspecified atom stereocenters. The monoisotopic (exact) mass is 241 g/mol. The molecule has 7 nitrogen and oxygen atoms in total. The van der Waals surface area contributed by atoms with Gasteiger partial charge in [-0.25, -0.2) is 4.98 Å². The topological polar surface area (TPSA) is 95.2 Å². The number of rotatable bonds is 4. The smallest absolute Gasteiger partial charge is 0.204 e. The third kappa shape index (κ3) is 2.19. The Morgan fingerprint density at radius 1 is 1.28 bits per heavy atom. The maximum Gasteiger partial charge on any atom is 0.204 e. The highest BCUT2D eigenvalue weighted by atomic mass is 15.5. The summed E-state index contributed by atoms with van der Waals surface area (Å²) >= 11 is 0. The van der Waals surface area contributed by atoms with Crippen LogP contribution in [0.3, 0.4) is 0 Å². The first-order valence-corrected chi connectivity index (χ1v) is 5.47. The molecule has 0 bridgehead atoms. The quantitative estimate of drug-likeness (QED) is 0.638. The van der Waals surface area contributed by atoms with Gasteiger partial charge in [0.2, 0.25) is 5.82 Å². The summed E-state index contributed by atoms with van der Waals surface area (Å²) < 4.78 is 0. The van der Waals surface area contributed by atoms with Crippen molar-refractivity contribution in [3.05, 3.63) is 42.5 Å². The number of tetrazole rings is 1. The van der Waals surface area contributed by atoms with Gasteiger partial charge in [0.05, 0.1) is 18.6 Å². The minimum atomic E-state index is 0.584. The lowest BCUT2D eigenvalue weighted by Crippen LogP contribution is -1.99. The van der Waals surface area contributed by atoms with Crippen LogP contribution in [0.25, 0.3) is 11.4 Å². The van der Waals surface area contributed by atoms with E-state index in [0.717, 1.165) is 16.9 Å². The predicted molar refractivity (Wildman–Crippen MR) is 65.5 cm³/mol. The Bertz CT molecular complexity index is 600. The molecule has 0 saturated heterocycles. The largest absolute Gasteiger partial charge is 0.379 e. The molecule has 18 heavy (non-hydrogen) atoms. The second-order valence-electron chi connectivity index (χ2n) is 3.75. The highest BCUT2D eigenvalue weighted by Gasteiger charge is 2.03. The number of hydrogen-bond donors (Lipinski definition) is 3. The zero-order chi connectivity index (χ0) is 12.2. The Morgan fingerprint density at radius 2 is 2.28 bits per heavy atom. The number of aromatic amines is 2. The summed E-state index contributed by atoms with van der Waals surface area (Å²) in [7, 11) is 0. The van der Waals surface area contributed by atoms with Crippen LogP contribution in [-0.2, 0) is 6.54 Å². The van der Waals surface area contributed by atoms with E-state index >= 15 is 0 Å². The van der Waals surface area contributed by atoms with Crippen molar-refractivity contribution in [1.82, 2.24) is 30.6 Å². The first kappa shape index (κ1) is 10.5. The van der Waals surface area contributed by atoms with E-state index in [2.05, 4.69) is 35.9 Å². The van der Waals surface area contributed by atoms with Crippen molar-refractivity contribution in [2.24, 2.45) is 0 Å². The summed E-state index contributed by atoms with van der Waals surface area (Å²) in [6.45, 7) is 0.690. The van der Waals surface area contributed by atoms with Gasteiger partial charge in [-0.15, -0.1) is 10.2 Å². The zero-order valence-electron chi connectivity index (χ0n) is 9.46. The van der Waals surface area contributed by atoms with E-state index in [1.54, 1.807) is 12.5 Å². The third-order valence-electron chi connectivity index (χ3n) is 2.50. The van der Waals surface area contributed by atoms with Crippen molar-refractivity contribution in [2.75, 3.05) is 5.32 Å². The minimum Gasteiger partial charge on any atom is -0.379 e. The lowest BCUT2D eigenvalue weighted by atomic mass is 10.2. The van der Waals surface area contributed by atoms with Gasteiger partial charge in [-0.1, -0.05) is 12.1 Å². The molecule has 3 rings (SSSR count). The highest BCUT2D eigenvalue weighted by Crippen LogP contribution is 2.18. The molecule has 0 spiro atoms. The molecule has 0 atom stereocenters. The van der Waals surface area contributed by atoms with Gasteiger partial charge in [-0.05, 0) is 17.3 Å². The Labute approximate surface area is 103 Å². The van der Waals surface area contributed by atoms with Gasteiger partial charge in [0.25, 0.3) is 0 Å². The number of imidazole rings is 1. The fraction of sp³-hybridized carbons (Fsp3) is 0.0909. The van der Waals surface area contributed by atoms with Gasteiger partial charge in [-0.2, -0.15) is 5.21 Å². The molecule has 0 aliphatic rings. The number of anilines is 1. The van der Waals surface area contributed by atoms with Gasteiger partial charge in [0, 0.05) is 17.4 Å². The number of benzene rings is 1. The summed E-state index contributed by atoms with van der Waals surface area (Å²) in [5, 5.41) is 17.2. The molecule has 7 heteroatoms. The van der Waals surface area contributed by atoms with E-state index < -0.39 is 0 Å². The molecular formula is C11H11N7. The van der Waals surface area contributed by atoms with Crippen LogP contribution < -0.4 is 5.32 Å². The van der Waals surface area contributed by atoms with Gasteiger partial charge < -0.3 is 10.3 Å². The van der Waals surface area contributed by atoms with Gasteiger partial charge in [0.1, 0.15) is 0 Å². The molecule has 90 valence electrons. The Morgan fingerprint density at radius 3 is 3.06 bits per heavy atom. The van der Waals surface area contributed by atoms with Crippen LogP contribution in [0.15, 0.2) is 36.8 Å². The molecule has 3 N–H and O–H groups in total. The summed E-state index contributed by atoms with van der Waals surface area (Å²) in [6, 6.07) is 7.84. The Kier molecular flexibility index (Phi) is 2.71. The molecule has 1 aromatic carbocycles. The lowest BCUT2D eigenvalue weighted by molar-refractivity contribution is 0.881. The van der Waals surface area contributed by atoms with Crippen molar-refractivity contribution in [3.63, 3.8) is 0 Å². The second-order valence-corrected chi connectivity index (χ2v) is 3.75. The summed E-state index contributed by atoms with van der Waals surface area (Å²) in [4.78, 5) is 7.00. The first-order chi connectivity index (χ1) is 8.92. The van der Waals surface area contributed by atoms with Crippen LogP contribution in [-0.4, -0.2) is 30.6 Å². The zero-order valence-corrected chi connectivity index (χ0v) is 9.46. The molecule has 0 radical (unpaired) electrons. The molecular weight excluding hydrogens is 230 g/mol. The van der Waals surface area contributed by atoms with E-state index in [4.69, 9.17) is 0 Å². The van der Waals surface area contributed by atoms with Gasteiger partial charge in [0.15, 0.2) is 0 Å². The highest BCUT2D eigenvalue weighted by molar-refractivity contribution is 5.61. The second kappa shape index (κ2) is 4.66. The number of nitrogens with one attached hydrogen (secondary N) is 3. The van der Waals surface area contributed by atoms with Crippen molar-refractivity contribution in [1.29, 1.82) is 0 Å². The van der Waals surface area contributed by atoms with E-state index in [1.165, 1.54) is 0 Å². The normalized spacial score (nSPS) is 10.4. The van der Waals surface area contributed by atoms with Crippen molar-refractivity contribution in [3.8, 4) is 11.4 Å². The van der Waals surface area contributed by atoms with Crippen LogP contribution >= 0.6 is 0 Å². The fourth-order valence-corrected chi connectivity index (χ4v) is 1.63. The summed E-state index contributed by atoms with van der Waals surface area (Å²) in [6.07, 6.45) is 3.45. The van der Waals surface area contributed by atoms with Crippen LogP contribution in [0.2, 0.25) is 0 Å². The molecule has 0 aliphatic heterocycles. The molecule has 2 aromatic heterocycles. The third-order valence-corrected chi connectivity index (χ3v) is 2.50. The Balaban J connectivity index is 1.75. The molecule has 0 amide bonds. The summed E-state index contributed by atoms with van der Waals surface area (Å²) in [5.74, 6) is 0.584. The van der Waals surface area contributed by atoms with Crippen LogP contribution in [0.1, 0.15) is 5.69 Å².